The summed E-state index contributed by atoms with van der Waals surface area (Å²) in [5.74, 6) is 0.423. The van der Waals surface area contributed by atoms with Crippen molar-refractivity contribution in [2.24, 2.45) is 5.92 Å². The first-order valence-corrected chi connectivity index (χ1v) is 6.38. The Morgan fingerprint density at radius 2 is 2.00 bits per heavy atom. The summed E-state index contributed by atoms with van der Waals surface area (Å²) in [4.78, 5) is 0. The van der Waals surface area contributed by atoms with Gasteiger partial charge < -0.3 is 5.11 Å². The van der Waals surface area contributed by atoms with Crippen LogP contribution in [0.5, 0.6) is 0 Å². The van der Waals surface area contributed by atoms with Gasteiger partial charge in [-0.3, -0.25) is 0 Å². The zero-order valence-corrected chi connectivity index (χ0v) is 10.6. The van der Waals surface area contributed by atoms with Gasteiger partial charge in [-0.2, -0.15) is 0 Å². The third-order valence-electron chi connectivity index (χ3n) is 3.56. The van der Waals surface area contributed by atoms with Crippen LogP contribution >= 0.6 is 15.9 Å². The Kier molecular flexibility index (Phi) is 3.17. The van der Waals surface area contributed by atoms with E-state index in [-0.39, 0.29) is 0 Å². The van der Waals surface area contributed by atoms with E-state index in [1.54, 1.807) is 0 Å². The molecule has 1 unspecified atom stereocenters. The van der Waals surface area contributed by atoms with Crippen molar-refractivity contribution in [3.63, 3.8) is 0 Å². The molecule has 0 aromatic heterocycles. The van der Waals surface area contributed by atoms with E-state index in [9.17, 15) is 5.11 Å². The van der Waals surface area contributed by atoms with E-state index >= 15 is 0 Å². The molecular weight excluding hydrogens is 252 g/mol. The summed E-state index contributed by atoms with van der Waals surface area (Å²) in [7, 11) is 0. The maximum Gasteiger partial charge on any atom is 0.0896 e. The van der Waals surface area contributed by atoms with Crippen LogP contribution in [0.3, 0.4) is 0 Å². The minimum Gasteiger partial charge on any atom is -0.385 e. The standard InChI is InChI=1S/C13H17BrO/c1-13(15,10-5-2-3-6-10)11-7-4-8-12(14)9-11/h4,7-10,15H,2-3,5-6H2,1H3. The molecule has 0 aliphatic heterocycles. The molecule has 1 aromatic rings. The third kappa shape index (κ3) is 2.26. The highest BCUT2D eigenvalue weighted by molar-refractivity contribution is 9.10. The molecule has 82 valence electrons. The van der Waals surface area contributed by atoms with E-state index in [0.29, 0.717) is 5.92 Å². The fourth-order valence-electron chi connectivity index (χ4n) is 2.53. The van der Waals surface area contributed by atoms with Crippen LogP contribution in [-0.4, -0.2) is 5.11 Å². The summed E-state index contributed by atoms with van der Waals surface area (Å²) in [5.41, 5.74) is 0.365. The van der Waals surface area contributed by atoms with Crippen LogP contribution < -0.4 is 0 Å². The minimum atomic E-state index is -0.666. The zero-order chi connectivity index (χ0) is 10.9. The molecule has 2 heteroatoms. The van der Waals surface area contributed by atoms with Crippen LogP contribution in [0.15, 0.2) is 28.7 Å². The molecule has 1 aliphatic carbocycles. The topological polar surface area (TPSA) is 20.2 Å². The summed E-state index contributed by atoms with van der Waals surface area (Å²) in [6, 6.07) is 8.03. The molecule has 1 N–H and O–H groups in total. The summed E-state index contributed by atoms with van der Waals surface area (Å²) in [5, 5.41) is 10.6. The lowest BCUT2D eigenvalue weighted by Gasteiger charge is -2.30. The molecule has 0 heterocycles. The highest BCUT2D eigenvalue weighted by Crippen LogP contribution is 2.40. The molecule has 1 nitrogen and oxygen atoms in total. The van der Waals surface area contributed by atoms with Gasteiger partial charge in [0.1, 0.15) is 0 Å². The minimum absolute atomic E-state index is 0.423. The molecule has 15 heavy (non-hydrogen) atoms. The first-order chi connectivity index (χ1) is 7.10. The zero-order valence-electron chi connectivity index (χ0n) is 9.04. The van der Waals surface area contributed by atoms with Gasteiger partial charge in [-0.05, 0) is 43.4 Å². The molecule has 0 bridgehead atoms. The Morgan fingerprint density at radius 1 is 1.33 bits per heavy atom. The molecule has 1 saturated carbocycles. The predicted octanol–water partition coefficient (Wildman–Crippen LogP) is 3.85. The molecule has 0 radical (unpaired) electrons. The molecule has 1 atom stereocenters. The van der Waals surface area contributed by atoms with Gasteiger partial charge >= 0.3 is 0 Å². The van der Waals surface area contributed by atoms with E-state index in [2.05, 4.69) is 15.9 Å². The largest absolute Gasteiger partial charge is 0.385 e. The van der Waals surface area contributed by atoms with E-state index in [1.165, 1.54) is 12.8 Å². The number of benzene rings is 1. The van der Waals surface area contributed by atoms with Crippen molar-refractivity contribution in [3.8, 4) is 0 Å². The van der Waals surface area contributed by atoms with Crippen LogP contribution in [0.1, 0.15) is 38.2 Å². The first kappa shape index (κ1) is 11.2. The van der Waals surface area contributed by atoms with Gasteiger partial charge in [0.25, 0.3) is 0 Å². The average Bonchev–Trinajstić information content (AvgIpc) is 2.71. The van der Waals surface area contributed by atoms with Gasteiger partial charge in [-0.1, -0.05) is 40.9 Å². The Bertz CT molecular complexity index is 340. The van der Waals surface area contributed by atoms with Crippen molar-refractivity contribution in [1.29, 1.82) is 0 Å². The van der Waals surface area contributed by atoms with E-state index < -0.39 is 5.60 Å². The Balaban J connectivity index is 2.27. The van der Waals surface area contributed by atoms with Crippen molar-refractivity contribution in [2.45, 2.75) is 38.2 Å². The summed E-state index contributed by atoms with van der Waals surface area (Å²) >= 11 is 3.45. The fraction of sp³-hybridized carbons (Fsp3) is 0.538. The lowest BCUT2D eigenvalue weighted by molar-refractivity contribution is -0.00337. The smallest absolute Gasteiger partial charge is 0.0896 e. The normalized spacial score (nSPS) is 21.5. The van der Waals surface area contributed by atoms with Crippen molar-refractivity contribution in [3.05, 3.63) is 34.3 Å². The summed E-state index contributed by atoms with van der Waals surface area (Å²) in [6.07, 6.45) is 4.82. The highest BCUT2D eigenvalue weighted by atomic mass is 79.9. The maximum atomic E-state index is 10.6. The number of aliphatic hydroxyl groups is 1. The van der Waals surface area contributed by atoms with Crippen LogP contribution in [0.2, 0.25) is 0 Å². The molecular formula is C13H17BrO. The molecule has 0 spiro atoms. The van der Waals surface area contributed by atoms with Gasteiger partial charge in [0, 0.05) is 4.47 Å². The number of hydrogen-bond acceptors (Lipinski definition) is 1. The Morgan fingerprint density at radius 3 is 2.60 bits per heavy atom. The van der Waals surface area contributed by atoms with Gasteiger partial charge in [-0.25, -0.2) is 0 Å². The van der Waals surface area contributed by atoms with Crippen molar-refractivity contribution >= 4 is 15.9 Å². The fourth-order valence-corrected chi connectivity index (χ4v) is 2.93. The average molecular weight is 269 g/mol. The van der Waals surface area contributed by atoms with Crippen molar-refractivity contribution in [1.82, 2.24) is 0 Å². The quantitative estimate of drug-likeness (QED) is 0.864. The molecule has 0 amide bonds. The molecule has 1 aliphatic rings. The summed E-state index contributed by atoms with van der Waals surface area (Å²) < 4.78 is 1.04. The van der Waals surface area contributed by atoms with Crippen LogP contribution in [0, 0.1) is 5.92 Å². The van der Waals surface area contributed by atoms with Crippen molar-refractivity contribution in [2.75, 3.05) is 0 Å². The van der Waals surface area contributed by atoms with Gasteiger partial charge in [0.05, 0.1) is 5.60 Å². The van der Waals surface area contributed by atoms with Crippen LogP contribution in [0.25, 0.3) is 0 Å². The Labute approximate surface area is 99.6 Å². The van der Waals surface area contributed by atoms with Gasteiger partial charge in [0.15, 0.2) is 0 Å². The third-order valence-corrected chi connectivity index (χ3v) is 4.05. The second-order valence-corrected chi connectivity index (χ2v) is 5.55. The molecule has 2 rings (SSSR count). The first-order valence-electron chi connectivity index (χ1n) is 5.59. The van der Waals surface area contributed by atoms with E-state index in [0.717, 1.165) is 22.9 Å². The van der Waals surface area contributed by atoms with Crippen molar-refractivity contribution < 1.29 is 5.11 Å². The lowest BCUT2D eigenvalue weighted by Crippen LogP contribution is -2.29. The van der Waals surface area contributed by atoms with E-state index in [4.69, 9.17) is 0 Å². The van der Waals surface area contributed by atoms with Gasteiger partial charge in [-0.15, -0.1) is 0 Å². The summed E-state index contributed by atoms with van der Waals surface area (Å²) in [6.45, 7) is 1.95. The highest BCUT2D eigenvalue weighted by Gasteiger charge is 2.35. The number of halogens is 1. The second-order valence-electron chi connectivity index (χ2n) is 4.64. The van der Waals surface area contributed by atoms with Crippen LogP contribution in [0.4, 0.5) is 0 Å². The number of hydrogen-bond donors (Lipinski definition) is 1. The van der Waals surface area contributed by atoms with Crippen LogP contribution in [-0.2, 0) is 5.60 Å². The molecule has 0 saturated heterocycles. The molecule has 1 aromatic carbocycles. The Hall–Kier alpha value is -0.340. The molecule has 1 fully saturated rings. The maximum absolute atomic E-state index is 10.6. The SMILES string of the molecule is CC(O)(c1cccc(Br)c1)C1CCCC1. The van der Waals surface area contributed by atoms with Gasteiger partial charge in [0.2, 0.25) is 0 Å². The monoisotopic (exact) mass is 268 g/mol. The lowest BCUT2D eigenvalue weighted by atomic mass is 9.82. The second kappa shape index (κ2) is 4.26. The van der Waals surface area contributed by atoms with E-state index in [1.807, 2.05) is 31.2 Å². The predicted molar refractivity (Wildman–Crippen MR) is 65.7 cm³/mol. The number of rotatable bonds is 2.